The highest BCUT2D eigenvalue weighted by Crippen LogP contribution is 2.42. The molecule has 1 aliphatic heterocycles. The maximum absolute atomic E-state index is 13.9. The molecule has 0 bridgehead atoms. The van der Waals surface area contributed by atoms with Gasteiger partial charge in [0.2, 0.25) is 0 Å². The molecule has 1 saturated carbocycles. The zero-order valence-corrected chi connectivity index (χ0v) is 23.0. The summed E-state index contributed by atoms with van der Waals surface area (Å²) in [4.78, 5) is 16.8. The van der Waals surface area contributed by atoms with Crippen molar-refractivity contribution in [1.82, 2.24) is 9.47 Å². The second kappa shape index (κ2) is 10.4. The van der Waals surface area contributed by atoms with Crippen LogP contribution in [0.5, 0.6) is 0 Å². The van der Waals surface area contributed by atoms with E-state index in [-0.39, 0.29) is 17.4 Å². The number of halogens is 1. The van der Waals surface area contributed by atoms with Crippen LogP contribution >= 0.6 is 23.4 Å². The summed E-state index contributed by atoms with van der Waals surface area (Å²) in [6.45, 7) is 8.57. The first-order chi connectivity index (χ1) is 17.3. The van der Waals surface area contributed by atoms with Gasteiger partial charge in [-0.2, -0.15) is 0 Å². The Labute approximate surface area is 223 Å². The van der Waals surface area contributed by atoms with E-state index < -0.39 is 0 Å². The lowest BCUT2D eigenvalue weighted by atomic mass is 9.85. The molecule has 6 heteroatoms. The lowest BCUT2D eigenvalue weighted by Crippen LogP contribution is -2.48. The van der Waals surface area contributed by atoms with Crippen LogP contribution in [0.25, 0.3) is 11.8 Å². The van der Waals surface area contributed by atoms with E-state index in [1.165, 1.54) is 19.3 Å². The van der Waals surface area contributed by atoms with Crippen molar-refractivity contribution in [3.63, 3.8) is 0 Å². The minimum atomic E-state index is -0.115. The molecule has 5 rings (SSSR count). The molecular formula is C30H34ClN3OS. The fourth-order valence-corrected chi connectivity index (χ4v) is 7.02. The fourth-order valence-electron chi connectivity index (χ4n) is 5.65. The number of amides is 1. The van der Waals surface area contributed by atoms with Crippen molar-refractivity contribution >= 4 is 41.0 Å². The van der Waals surface area contributed by atoms with E-state index in [0.29, 0.717) is 5.92 Å². The number of aryl methyl sites for hydroxylation is 1. The number of nitrogens with one attached hydrogen (secondary N) is 1. The lowest BCUT2D eigenvalue weighted by molar-refractivity contribution is -0.129. The van der Waals surface area contributed by atoms with Crippen molar-refractivity contribution in [3.8, 4) is 5.69 Å². The standard InChI is InChI=1S/C30H34ClN3OS/c1-19-11-8-9-15-26(19)34-29(35)28(36-30(34)32-24-12-6-5-7-13-24)18-23-17-20(2)33(22(23)4)27-16-10-14-25(31)21(27)3/h5-7,10,12-14,16-19,26,30,32H,8-9,11,15H2,1-4H3/b28-18-/t19-,26-,30?/m1/s1. The molecule has 3 atom stereocenters. The van der Waals surface area contributed by atoms with Crippen molar-refractivity contribution in [2.75, 3.05) is 5.32 Å². The molecule has 0 radical (unpaired) electrons. The quantitative estimate of drug-likeness (QED) is 0.347. The molecular weight excluding hydrogens is 486 g/mol. The second-order valence-corrected chi connectivity index (χ2v) is 11.6. The third-order valence-corrected chi connectivity index (χ3v) is 9.18. The molecule has 36 heavy (non-hydrogen) atoms. The molecule has 1 unspecified atom stereocenters. The van der Waals surface area contributed by atoms with Crippen LogP contribution in [0.3, 0.4) is 0 Å². The number of aromatic nitrogens is 1. The first-order valence-corrected chi connectivity index (χ1v) is 14.1. The van der Waals surface area contributed by atoms with Crippen molar-refractivity contribution in [2.24, 2.45) is 5.92 Å². The fraction of sp³-hybridized carbons (Fsp3) is 0.367. The van der Waals surface area contributed by atoms with Crippen LogP contribution in [-0.4, -0.2) is 26.9 Å². The maximum Gasteiger partial charge on any atom is 0.262 e. The van der Waals surface area contributed by atoms with Gasteiger partial charge in [0.15, 0.2) is 5.50 Å². The Balaban J connectivity index is 1.51. The summed E-state index contributed by atoms with van der Waals surface area (Å²) in [6, 6.07) is 18.6. The number of carbonyl (C=O) groups excluding carboxylic acids is 1. The molecule has 1 aromatic heterocycles. The number of para-hydroxylation sites is 1. The van der Waals surface area contributed by atoms with Gasteiger partial charge in [-0.3, -0.25) is 4.79 Å². The largest absolute Gasteiger partial charge is 0.356 e. The van der Waals surface area contributed by atoms with Gasteiger partial charge in [-0.05, 0) is 87.1 Å². The number of thioether (sulfide) groups is 1. The monoisotopic (exact) mass is 519 g/mol. The van der Waals surface area contributed by atoms with Crippen LogP contribution in [0.1, 0.15) is 55.1 Å². The van der Waals surface area contributed by atoms with Gasteiger partial charge in [0.25, 0.3) is 5.91 Å². The highest BCUT2D eigenvalue weighted by atomic mass is 35.5. The van der Waals surface area contributed by atoms with Gasteiger partial charge in [0.05, 0.1) is 4.91 Å². The third-order valence-electron chi connectivity index (χ3n) is 7.66. The van der Waals surface area contributed by atoms with E-state index in [0.717, 1.165) is 50.2 Å². The van der Waals surface area contributed by atoms with Crippen molar-refractivity contribution in [1.29, 1.82) is 0 Å². The van der Waals surface area contributed by atoms with Gasteiger partial charge in [-0.15, -0.1) is 0 Å². The number of hydrogen-bond acceptors (Lipinski definition) is 3. The Morgan fingerprint density at radius 1 is 1.03 bits per heavy atom. The molecule has 3 aromatic rings. The van der Waals surface area contributed by atoms with Gasteiger partial charge in [-0.25, -0.2) is 0 Å². The zero-order valence-electron chi connectivity index (χ0n) is 21.4. The van der Waals surface area contributed by atoms with Crippen LogP contribution in [0, 0.1) is 26.7 Å². The average molecular weight is 520 g/mol. The summed E-state index contributed by atoms with van der Waals surface area (Å²) >= 11 is 8.06. The SMILES string of the molecule is Cc1c(Cl)cccc1-n1c(C)cc(/C=C2\SC(Nc3ccccc3)N([C@@H]3CCCC[C@H]3C)C2=O)c1C. The first kappa shape index (κ1) is 25.0. The summed E-state index contributed by atoms with van der Waals surface area (Å²) in [5, 5.41) is 4.39. The van der Waals surface area contributed by atoms with Gasteiger partial charge < -0.3 is 14.8 Å². The Morgan fingerprint density at radius 3 is 2.53 bits per heavy atom. The van der Waals surface area contributed by atoms with Crippen LogP contribution in [0.15, 0.2) is 59.5 Å². The Morgan fingerprint density at radius 2 is 1.78 bits per heavy atom. The van der Waals surface area contributed by atoms with Crippen LogP contribution < -0.4 is 5.32 Å². The summed E-state index contributed by atoms with van der Waals surface area (Å²) in [6.07, 6.45) is 6.76. The van der Waals surface area contributed by atoms with E-state index in [9.17, 15) is 4.79 Å². The molecule has 2 aromatic carbocycles. The zero-order chi connectivity index (χ0) is 25.4. The minimum absolute atomic E-state index is 0.115. The third kappa shape index (κ3) is 4.71. The predicted molar refractivity (Wildman–Crippen MR) is 153 cm³/mol. The van der Waals surface area contributed by atoms with E-state index in [2.05, 4.69) is 65.9 Å². The first-order valence-electron chi connectivity index (χ1n) is 12.8. The molecule has 188 valence electrons. The van der Waals surface area contributed by atoms with Crippen LogP contribution in [0.2, 0.25) is 5.02 Å². The summed E-state index contributed by atoms with van der Waals surface area (Å²) in [7, 11) is 0. The molecule has 4 nitrogen and oxygen atoms in total. The molecule has 1 saturated heterocycles. The summed E-state index contributed by atoms with van der Waals surface area (Å²) in [5.74, 6) is 0.634. The van der Waals surface area contributed by atoms with Gasteiger partial charge >= 0.3 is 0 Å². The Bertz CT molecular complexity index is 1300. The van der Waals surface area contributed by atoms with Crippen LogP contribution in [0.4, 0.5) is 5.69 Å². The maximum atomic E-state index is 13.9. The van der Waals surface area contributed by atoms with E-state index in [1.54, 1.807) is 11.8 Å². The number of nitrogens with zero attached hydrogens (tertiary/aromatic N) is 2. The predicted octanol–water partition coefficient (Wildman–Crippen LogP) is 7.95. The highest BCUT2D eigenvalue weighted by molar-refractivity contribution is 8.05. The Hall–Kier alpha value is -2.63. The molecule has 2 aliphatic rings. The molecule has 0 spiro atoms. The van der Waals surface area contributed by atoms with E-state index in [4.69, 9.17) is 11.6 Å². The van der Waals surface area contributed by atoms with Crippen molar-refractivity contribution < 1.29 is 4.79 Å². The number of benzene rings is 2. The summed E-state index contributed by atoms with van der Waals surface area (Å²) in [5.41, 5.74) is 6.35. The minimum Gasteiger partial charge on any atom is -0.356 e. The van der Waals surface area contributed by atoms with Crippen molar-refractivity contribution in [2.45, 2.75) is 64.9 Å². The van der Waals surface area contributed by atoms with Gasteiger partial charge in [0.1, 0.15) is 0 Å². The molecule has 1 N–H and O–H groups in total. The number of carbonyl (C=O) groups is 1. The molecule has 2 fully saturated rings. The van der Waals surface area contributed by atoms with Crippen molar-refractivity contribution in [3.05, 3.63) is 87.0 Å². The second-order valence-electron chi connectivity index (χ2n) is 10.1. The van der Waals surface area contributed by atoms with Gasteiger partial charge in [-0.1, -0.05) is 67.4 Å². The van der Waals surface area contributed by atoms with Crippen LogP contribution in [-0.2, 0) is 4.79 Å². The molecule has 1 aliphatic carbocycles. The lowest BCUT2D eigenvalue weighted by Gasteiger charge is -2.39. The number of rotatable bonds is 5. The number of anilines is 1. The van der Waals surface area contributed by atoms with E-state index >= 15 is 0 Å². The normalized spacial score (nSPS) is 23.5. The van der Waals surface area contributed by atoms with Gasteiger partial charge in [0, 0.05) is 33.8 Å². The van der Waals surface area contributed by atoms with E-state index in [1.807, 2.05) is 37.3 Å². The topological polar surface area (TPSA) is 37.3 Å². The number of hydrogen-bond donors (Lipinski definition) is 1. The molecule has 1 amide bonds. The summed E-state index contributed by atoms with van der Waals surface area (Å²) < 4.78 is 2.23. The Kier molecular flexibility index (Phi) is 7.23. The highest BCUT2D eigenvalue weighted by Gasteiger charge is 2.43. The average Bonchev–Trinajstić information content (AvgIpc) is 3.31. The molecule has 2 heterocycles. The smallest absolute Gasteiger partial charge is 0.262 e.